The third-order valence-corrected chi connectivity index (χ3v) is 3.94. The van der Waals surface area contributed by atoms with E-state index in [0.29, 0.717) is 5.92 Å². The molecule has 19 heavy (non-hydrogen) atoms. The van der Waals surface area contributed by atoms with E-state index in [-0.39, 0.29) is 0 Å². The minimum Gasteiger partial charge on any atom is -0.384 e. The van der Waals surface area contributed by atoms with Gasteiger partial charge in [0.15, 0.2) is 0 Å². The lowest BCUT2D eigenvalue weighted by atomic mass is 9.95. The van der Waals surface area contributed by atoms with E-state index in [2.05, 4.69) is 41.9 Å². The van der Waals surface area contributed by atoms with Crippen molar-refractivity contribution in [3.63, 3.8) is 0 Å². The molecule has 2 aromatic carbocycles. The van der Waals surface area contributed by atoms with Gasteiger partial charge in [0.2, 0.25) is 0 Å². The number of aliphatic hydroxyl groups excluding tert-OH is 1. The van der Waals surface area contributed by atoms with Crippen LogP contribution in [0.4, 0.5) is 0 Å². The number of hydrogen-bond acceptors (Lipinski definition) is 1. The molecule has 1 unspecified atom stereocenters. The van der Waals surface area contributed by atoms with E-state index in [0.717, 1.165) is 21.2 Å². The van der Waals surface area contributed by atoms with Crippen molar-refractivity contribution in [1.82, 2.24) is 0 Å². The molecule has 0 saturated heterocycles. The highest BCUT2D eigenvalue weighted by molar-refractivity contribution is 9.10. The predicted octanol–water partition coefficient (Wildman–Crippen LogP) is 4.96. The maximum atomic E-state index is 10.5. The summed E-state index contributed by atoms with van der Waals surface area (Å²) in [7, 11) is 0. The minimum atomic E-state index is -0.561. The fraction of sp³-hybridized carbons (Fsp3) is 0.294. The summed E-state index contributed by atoms with van der Waals surface area (Å²) < 4.78 is 1.04. The van der Waals surface area contributed by atoms with Crippen LogP contribution in [-0.2, 0) is 0 Å². The standard InChI is InChI=1S/C17H19BrO/c1-11(2)13-4-6-14(7-5-13)17(19)16-9-8-15(18)10-12(16)3/h4-11,17,19H,1-3H3. The molecule has 0 aliphatic carbocycles. The number of halogens is 1. The summed E-state index contributed by atoms with van der Waals surface area (Å²) in [5.74, 6) is 0.514. The van der Waals surface area contributed by atoms with Gasteiger partial charge in [-0.2, -0.15) is 0 Å². The molecule has 0 bridgehead atoms. The molecule has 2 aromatic rings. The smallest absolute Gasteiger partial charge is 0.104 e. The Balaban J connectivity index is 2.30. The minimum absolute atomic E-state index is 0.514. The molecule has 0 amide bonds. The third-order valence-electron chi connectivity index (χ3n) is 3.45. The lowest BCUT2D eigenvalue weighted by Crippen LogP contribution is -2.02. The van der Waals surface area contributed by atoms with Gasteiger partial charge < -0.3 is 5.11 Å². The van der Waals surface area contributed by atoms with Crippen molar-refractivity contribution in [2.45, 2.75) is 32.8 Å². The van der Waals surface area contributed by atoms with Gasteiger partial charge in [0.05, 0.1) is 0 Å². The molecule has 0 aromatic heterocycles. The van der Waals surface area contributed by atoms with E-state index in [1.54, 1.807) is 0 Å². The molecule has 2 heteroatoms. The Morgan fingerprint density at radius 2 is 1.53 bits per heavy atom. The van der Waals surface area contributed by atoms with Gasteiger partial charge in [-0.05, 0) is 47.2 Å². The summed E-state index contributed by atoms with van der Waals surface area (Å²) in [6.07, 6.45) is -0.561. The first-order valence-corrected chi connectivity index (χ1v) is 7.32. The lowest BCUT2D eigenvalue weighted by molar-refractivity contribution is 0.219. The first-order chi connectivity index (χ1) is 8.99. The van der Waals surface area contributed by atoms with Crippen molar-refractivity contribution in [2.24, 2.45) is 0 Å². The van der Waals surface area contributed by atoms with E-state index in [1.165, 1.54) is 5.56 Å². The van der Waals surface area contributed by atoms with Crippen LogP contribution in [-0.4, -0.2) is 5.11 Å². The van der Waals surface area contributed by atoms with Crippen molar-refractivity contribution in [3.05, 3.63) is 69.2 Å². The van der Waals surface area contributed by atoms with Crippen LogP contribution in [0.2, 0.25) is 0 Å². The molecule has 0 saturated carbocycles. The topological polar surface area (TPSA) is 20.2 Å². The van der Waals surface area contributed by atoms with E-state index >= 15 is 0 Å². The van der Waals surface area contributed by atoms with Crippen LogP contribution in [0.15, 0.2) is 46.9 Å². The first kappa shape index (κ1) is 14.3. The van der Waals surface area contributed by atoms with Gasteiger partial charge in [0.25, 0.3) is 0 Å². The highest BCUT2D eigenvalue weighted by Crippen LogP contribution is 2.27. The zero-order valence-corrected chi connectivity index (χ0v) is 13.1. The van der Waals surface area contributed by atoms with Gasteiger partial charge in [0, 0.05) is 4.47 Å². The second kappa shape index (κ2) is 5.89. The van der Waals surface area contributed by atoms with Crippen molar-refractivity contribution in [1.29, 1.82) is 0 Å². The average Bonchev–Trinajstić information content (AvgIpc) is 2.38. The van der Waals surface area contributed by atoms with Gasteiger partial charge in [-0.15, -0.1) is 0 Å². The number of hydrogen-bond donors (Lipinski definition) is 1. The van der Waals surface area contributed by atoms with Crippen molar-refractivity contribution in [3.8, 4) is 0 Å². The van der Waals surface area contributed by atoms with Crippen molar-refractivity contribution < 1.29 is 5.11 Å². The van der Waals surface area contributed by atoms with E-state index < -0.39 is 6.10 Å². The number of rotatable bonds is 3. The van der Waals surface area contributed by atoms with Gasteiger partial charge in [0.1, 0.15) is 6.10 Å². The van der Waals surface area contributed by atoms with Crippen LogP contribution in [0.1, 0.15) is 48.1 Å². The van der Waals surface area contributed by atoms with Gasteiger partial charge in [-0.3, -0.25) is 0 Å². The van der Waals surface area contributed by atoms with E-state index in [1.807, 2.05) is 37.3 Å². The fourth-order valence-corrected chi connectivity index (χ4v) is 2.66. The second-order valence-corrected chi connectivity index (χ2v) is 6.14. The molecule has 0 fully saturated rings. The summed E-state index contributed by atoms with van der Waals surface area (Å²) in [5.41, 5.74) is 4.29. The Morgan fingerprint density at radius 1 is 0.947 bits per heavy atom. The Bertz CT molecular complexity index is 558. The molecule has 1 N–H and O–H groups in total. The van der Waals surface area contributed by atoms with Crippen molar-refractivity contribution in [2.75, 3.05) is 0 Å². The van der Waals surface area contributed by atoms with Crippen molar-refractivity contribution >= 4 is 15.9 Å². The second-order valence-electron chi connectivity index (χ2n) is 5.22. The average molecular weight is 319 g/mol. The normalized spacial score (nSPS) is 12.7. The molecule has 0 aliphatic rings. The quantitative estimate of drug-likeness (QED) is 0.847. The predicted molar refractivity (Wildman–Crippen MR) is 83.5 cm³/mol. The number of benzene rings is 2. The highest BCUT2D eigenvalue weighted by atomic mass is 79.9. The molecule has 100 valence electrons. The Labute approximate surface area is 123 Å². The maximum absolute atomic E-state index is 10.5. The van der Waals surface area contributed by atoms with Gasteiger partial charge >= 0.3 is 0 Å². The Kier molecular flexibility index (Phi) is 4.43. The number of aliphatic hydroxyl groups is 1. The Morgan fingerprint density at radius 3 is 2.05 bits per heavy atom. The molecule has 0 aliphatic heterocycles. The molecular formula is C17H19BrO. The molecule has 1 nitrogen and oxygen atoms in total. The largest absolute Gasteiger partial charge is 0.384 e. The van der Waals surface area contributed by atoms with Crippen LogP contribution < -0.4 is 0 Å². The molecule has 0 spiro atoms. The summed E-state index contributed by atoms with van der Waals surface area (Å²) in [6, 6.07) is 14.2. The van der Waals surface area contributed by atoms with E-state index in [9.17, 15) is 5.11 Å². The molecule has 1 atom stereocenters. The van der Waals surface area contributed by atoms with Crippen LogP contribution in [0.25, 0.3) is 0 Å². The maximum Gasteiger partial charge on any atom is 0.104 e. The third kappa shape index (κ3) is 3.26. The van der Waals surface area contributed by atoms with Crippen LogP contribution >= 0.6 is 15.9 Å². The first-order valence-electron chi connectivity index (χ1n) is 6.53. The summed E-state index contributed by atoms with van der Waals surface area (Å²) in [4.78, 5) is 0. The summed E-state index contributed by atoms with van der Waals surface area (Å²) in [5, 5.41) is 10.5. The zero-order chi connectivity index (χ0) is 14.0. The fourth-order valence-electron chi connectivity index (χ4n) is 2.19. The molecule has 0 radical (unpaired) electrons. The van der Waals surface area contributed by atoms with Gasteiger partial charge in [-0.25, -0.2) is 0 Å². The molecular weight excluding hydrogens is 300 g/mol. The summed E-state index contributed by atoms with van der Waals surface area (Å²) >= 11 is 3.45. The zero-order valence-electron chi connectivity index (χ0n) is 11.5. The van der Waals surface area contributed by atoms with Crippen LogP contribution in [0.3, 0.4) is 0 Å². The number of aryl methyl sites for hydroxylation is 1. The lowest BCUT2D eigenvalue weighted by Gasteiger charge is -2.15. The SMILES string of the molecule is Cc1cc(Br)ccc1C(O)c1ccc(C(C)C)cc1. The molecule has 0 heterocycles. The highest BCUT2D eigenvalue weighted by Gasteiger charge is 2.13. The molecule has 2 rings (SSSR count). The monoisotopic (exact) mass is 318 g/mol. The van der Waals surface area contributed by atoms with Gasteiger partial charge in [-0.1, -0.05) is 60.1 Å². The summed E-state index contributed by atoms with van der Waals surface area (Å²) in [6.45, 7) is 6.36. The van der Waals surface area contributed by atoms with Crippen LogP contribution in [0, 0.1) is 6.92 Å². The van der Waals surface area contributed by atoms with E-state index in [4.69, 9.17) is 0 Å². The Hall–Kier alpha value is -1.12. The van der Waals surface area contributed by atoms with Crippen LogP contribution in [0.5, 0.6) is 0 Å².